The fraction of sp³-hybridized carbons (Fsp3) is 0.345. The van der Waals surface area contributed by atoms with E-state index in [2.05, 4.69) is 16.8 Å². The number of nitrogen functional groups attached to an aromatic ring is 1. The van der Waals surface area contributed by atoms with E-state index in [1.54, 1.807) is 25.3 Å². The summed E-state index contributed by atoms with van der Waals surface area (Å²) in [5.41, 5.74) is 8.83. The van der Waals surface area contributed by atoms with Crippen LogP contribution in [0.4, 0.5) is 5.69 Å². The van der Waals surface area contributed by atoms with Crippen LogP contribution in [0.25, 0.3) is 22.6 Å². The Hall–Kier alpha value is -3.71. The number of fused-ring (bicyclic) bond motifs is 1. The van der Waals surface area contributed by atoms with Crippen molar-refractivity contribution in [2.75, 3.05) is 32.5 Å². The molecule has 7 nitrogen and oxygen atoms in total. The van der Waals surface area contributed by atoms with Gasteiger partial charge < -0.3 is 29.3 Å². The predicted molar refractivity (Wildman–Crippen MR) is 142 cm³/mol. The molecule has 0 radical (unpaired) electrons. The molecule has 1 saturated heterocycles. The molecule has 188 valence electrons. The third-order valence-electron chi connectivity index (χ3n) is 6.54. The first-order valence-corrected chi connectivity index (χ1v) is 12.6. The van der Waals surface area contributed by atoms with Crippen LogP contribution in [0.1, 0.15) is 32.6 Å². The molecule has 4 aromatic rings. The Morgan fingerprint density at radius 2 is 1.75 bits per heavy atom. The van der Waals surface area contributed by atoms with Gasteiger partial charge >= 0.3 is 0 Å². The zero-order valence-electron chi connectivity index (χ0n) is 20.9. The van der Waals surface area contributed by atoms with Gasteiger partial charge in [-0.25, -0.2) is 4.98 Å². The van der Waals surface area contributed by atoms with Gasteiger partial charge in [0.15, 0.2) is 17.1 Å². The first-order valence-electron chi connectivity index (χ1n) is 12.6. The molecule has 1 aliphatic heterocycles. The fourth-order valence-electron chi connectivity index (χ4n) is 4.49. The summed E-state index contributed by atoms with van der Waals surface area (Å²) in [6.07, 6.45) is 4.87. The molecule has 1 fully saturated rings. The average Bonchev–Trinajstić information content (AvgIpc) is 3.33. The predicted octanol–water partition coefficient (Wildman–Crippen LogP) is 6.52. The minimum Gasteiger partial charge on any atom is -0.493 e. The lowest BCUT2D eigenvalue weighted by molar-refractivity contribution is 0.0999. The van der Waals surface area contributed by atoms with Crippen LogP contribution in [0.5, 0.6) is 23.0 Å². The van der Waals surface area contributed by atoms with E-state index in [1.807, 2.05) is 42.5 Å². The Morgan fingerprint density at radius 3 is 2.50 bits per heavy atom. The smallest absolute Gasteiger partial charge is 0.227 e. The molecular weight excluding hydrogens is 454 g/mol. The number of ether oxygens (including phenoxy) is 3. The van der Waals surface area contributed by atoms with Crippen LogP contribution in [0.2, 0.25) is 0 Å². The second-order valence-corrected chi connectivity index (χ2v) is 9.20. The Morgan fingerprint density at radius 1 is 0.972 bits per heavy atom. The molecule has 0 bridgehead atoms. The topological polar surface area (TPSA) is 83.0 Å². The van der Waals surface area contributed by atoms with E-state index in [9.17, 15) is 0 Å². The first kappa shape index (κ1) is 24.0. The highest BCUT2D eigenvalue weighted by atomic mass is 16.5. The van der Waals surface area contributed by atoms with Gasteiger partial charge in [-0.1, -0.05) is 13.3 Å². The van der Waals surface area contributed by atoms with Crippen molar-refractivity contribution >= 4 is 16.8 Å². The van der Waals surface area contributed by atoms with Gasteiger partial charge in [-0.2, -0.15) is 0 Å². The van der Waals surface area contributed by atoms with Gasteiger partial charge in [0.1, 0.15) is 23.1 Å². The molecule has 0 aliphatic carbocycles. The van der Waals surface area contributed by atoms with E-state index < -0.39 is 0 Å². The highest BCUT2D eigenvalue weighted by Gasteiger charge is 2.20. The van der Waals surface area contributed by atoms with Gasteiger partial charge in [-0.05, 0) is 74.3 Å². The van der Waals surface area contributed by atoms with Gasteiger partial charge in [0.25, 0.3) is 0 Å². The lowest BCUT2D eigenvalue weighted by Gasteiger charge is -2.32. The Labute approximate surface area is 211 Å². The maximum atomic E-state index is 6.28. The van der Waals surface area contributed by atoms with Crippen LogP contribution in [0.15, 0.2) is 65.1 Å². The maximum Gasteiger partial charge on any atom is 0.227 e. The number of nitrogens with two attached hydrogens (primary N) is 1. The maximum absolute atomic E-state index is 6.28. The summed E-state index contributed by atoms with van der Waals surface area (Å²) in [5, 5.41) is 0. The van der Waals surface area contributed by atoms with Crippen LogP contribution in [0.3, 0.4) is 0 Å². The molecule has 0 spiro atoms. The van der Waals surface area contributed by atoms with Crippen molar-refractivity contribution in [2.24, 2.45) is 0 Å². The number of methoxy groups -OCH3 is 1. The van der Waals surface area contributed by atoms with Crippen molar-refractivity contribution in [1.29, 1.82) is 0 Å². The minimum absolute atomic E-state index is 0.245. The third kappa shape index (κ3) is 5.57. The number of anilines is 1. The zero-order valence-corrected chi connectivity index (χ0v) is 20.9. The number of hydrogen-bond donors (Lipinski definition) is 1. The largest absolute Gasteiger partial charge is 0.493 e. The van der Waals surface area contributed by atoms with Gasteiger partial charge in [0, 0.05) is 36.5 Å². The number of nitrogens with zero attached hydrogens (tertiary/aromatic N) is 2. The number of oxazole rings is 1. The van der Waals surface area contributed by atoms with Crippen LogP contribution in [-0.4, -0.2) is 42.7 Å². The van der Waals surface area contributed by atoms with Crippen LogP contribution >= 0.6 is 0 Å². The molecule has 1 aromatic heterocycles. The summed E-state index contributed by atoms with van der Waals surface area (Å²) in [5.74, 6) is 3.24. The van der Waals surface area contributed by atoms with Crippen molar-refractivity contribution in [2.45, 2.75) is 38.7 Å². The number of likely N-dealkylation sites (tertiary alicyclic amines) is 1. The molecule has 36 heavy (non-hydrogen) atoms. The molecule has 1 aliphatic rings. The Balaban J connectivity index is 1.24. The van der Waals surface area contributed by atoms with E-state index in [0.29, 0.717) is 28.8 Å². The molecule has 2 heterocycles. The van der Waals surface area contributed by atoms with Crippen molar-refractivity contribution < 1.29 is 18.6 Å². The van der Waals surface area contributed by atoms with Crippen LogP contribution in [0, 0.1) is 0 Å². The third-order valence-corrected chi connectivity index (χ3v) is 6.54. The average molecular weight is 488 g/mol. The lowest BCUT2D eigenvalue weighted by atomic mass is 10.1. The summed E-state index contributed by atoms with van der Waals surface area (Å²) in [7, 11) is 1.59. The molecule has 0 atom stereocenters. The quantitative estimate of drug-likeness (QED) is 0.269. The van der Waals surface area contributed by atoms with Crippen molar-refractivity contribution in [3.63, 3.8) is 0 Å². The van der Waals surface area contributed by atoms with Gasteiger partial charge in [0.05, 0.1) is 7.11 Å². The van der Waals surface area contributed by atoms with Crippen molar-refractivity contribution in [3.05, 3.63) is 60.7 Å². The number of aromatic nitrogens is 1. The second kappa shape index (κ2) is 10.9. The SMILES string of the molecule is CCCCN1CCC(Oc2ccc3nc(-c4ccc(Oc5ccc(N)cc5OC)cc4)oc3c2)CC1. The van der Waals surface area contributed by atoms with Crippen LogP contribution in [-0.2, 0) is 0 Å². The molecule has 0 amide bonds. The highest BCUT2D eigenvalue weighted by Crippen LogP contribution is 2.34. The summed E-state index contributed by atoms with van der Waals surface area (Å²) in [6.45, 7) is 5.64. The molecule has 0 saturated carbocycles. The van der Waals surface area contributed by atoms with Crippen LogP contribution < -0.4 is 19.9 Å². The number of unbranched alkanes of at least 4 members (excludes halogenated alkanes) is 1. The fourth-order valence-corrected chi connectivity index (χ4v) is 4.49. The number of hydrogen-bond acceptors (Lipinski definition) is 7. The number of benzene rings is 3. The Kier molecular flexibility index (Phi) is 7.28. The van der Waals surface area contributed by atoms with Gasteiger partial charge in [0.2, 0.25) is 5.89 Å². The molecule has 0 unspecified atom stereocenters. The standard InChI is InChI=1S/C29H33N3O4/c1-3-4-15-32-16-13-23(14-17-32)34-24-10-11-25-27(19-24)36-29(31-25)20-5-8-22(9-6-20)35-26-12-7-21(30)18-28(26)33-2/h5-12,18-19,23H,3-4,13-17,30H2,1-2H3. The monoisotopic (exact) mass is 487 g/mol. The summed E-state index contributed by atoms with van der Waals surface area (Å²) < 4.78 is 23.7. The zero-order chi connectivity index (χ0) is 24.9. The number of rotatable bonds is 9. The minimum atomic E-state index is 0.245. The first-order chi connectivity index (χ1) is 17.6. The van der Waals surface area contributed by atoms with E-state index in [1.165, 1.54) is 19.4 Å². The molecule has 2 N–H and O–H groups in total. The van der Waals surface area contributed by atoms with E-state index in [-0.39, 0.29) is 6.10 Å². The van der Waals surface area contributed by atoms with Gasteiger partial charge in [-0.15, -0.1) is 0 Å². The lowest BCUT2D eigenvalue weighted by Crippen LogP contribution is -2.38. The van der Waals surface area contributed by atoms with E-state index in [0.717, 1.165) is 48.3 Å². The summed E-state index contributed by atoms with van der Waals surface area (Å²) >= 11 is 0. The van der Waals surface area contributed by atoms with Crippen molar-refractivity contribution in [3.8, 4) is 34.5 Å². The highest BCUT2D eigenvalue weighted by molar-refractivity contribution is 5.77. The number of piperidine rings is 1. The van der Waals surface area contributed by atoms with E-state index in [4.69, 9.17) is 24.4 Å². The summed E-state index contributed by atoms with van der Waals surface area (Å²) in [4.78, 5) is 7.20. The summed E-state index contributed by atoms with van der Waals surface area (Å²) in [6, 6.07) is 18.8. The van der Waals surface area contributed by atoms with Crippen molar-refractivity contribution in [1.82, 2.24) is 9.88 Å². The van der Waals surface area contributed by atoms with E-state index >= 15 is 0 Å². The molecule has 3 aromatic carbocycles. The van der Waals surface area contributed by atoms with Gasteiger partial charge in [-0.3, -0.25) is 0 Å². The normalized spacial score (nSPS) is 14.7. The molecule has 5 rings (SSSR count). The Bertz CT molecular complexity index is 1290. The second-order valence-electron chi connectivity index (χ2n) is 9.20. The molecular formula is C29H33N3O4. The molecule has 7 heteroatoms.